The molecule has 2 heterocycles. The lowest BCUT2D eigenvalue weighted by molar-refractivity contribution is -0.118. The lowest BCUT2D eigenvalue weighted by Gasteiger charge is -2.27. The quantitative estimate of drug-likeness (QED) is 0.434. The lowest BCUT2D eigenvalue weighted by Crippen LogP contribution is -2.36. The van der Waals surface area contributed by atoms with E-state index in [0.717, 1.165) is 24.1 Å². The number of nitrogens with zero attached hydrogens (tertiary/aromatic N) is 3. The Bertz CT molecular complexity index is 1280. The summed E-state index contributed by atoms with van der Waals surface area (Å²) < 4.78 is 14.6. The molecule has 0 saturated heterocycles. The van der Waals surface area contributed by atoms with Gasteiger partial charge in [0.2, 0.25) is 11.9 Å². The molecule has 0 aliphatic carbocycles. The van der Waals surface area contributed by atoms with Crippen molar-refractivity contribution in [2.24, 2.45) is 0 Å². The third kappa shape index (κ3) is 5.19. The van der Waals surface area contributed by atoms with Crippen LogP contribution in [0.25, 0.3) is 0 Å². The zero-order chi connectivity index (χ0) is 25.1. The summed E-state index contributed by atoms with van der Waals surface area (Å²) in [5.41, 5.74) is 2.72. The second-order valence-electron chi connectivity index (χ2n) is 8.44. The number of halogens is 2. The van der Waals surface area contributed by atoms with Crippen LogP contribution in [0.15, 0.2) is 42.6 Å². The van der Waals surface area contributed by atoms with Crippen LogP contribution in [0.3, 0.4) is 0 Å². The first kappa shape index (κ1) is 24.4. The van der Waals surface area contributed by atoms with E-state index < -0.39 is 11.7 Å². The van der Waals surface area contributed by atoms with Crippen LogP contribution in [0.4, 0.5) is 33.2 Å². The molecule has 10 heteroatoms. The first-order chi connectivity index (χ1) is 16.8. The fraction of sp³-hybridized carbons (Fsp3) is 0.280. The Balaban J connectivity index is 1.65. The number of hydrogen-bond acceptors (Lipinski definition) is 6. The second-order valence-corrected chi connectivity index (χ2v) is 8.84. The van der Waals surface area contributed by atoms with Crippen molar-refractivity contribution < 1.29 is 14.0 Å². The molecular weight excluding hydrogens is 471 g/mol. The minimum atomic E-state index is -0.625. The van der Waals surface area contributed by atoms with Crippen molar-refractivity contribution in [3.63, 3.8) is 0 Å². The molecule has 0 saturated carbocycles. The SMILES string of the molecule is CNC(=O)c1cccc(F)c1Nc1nc(Nc2ccc3c(c2)N(C(C)C)C(=O)CCC3)ncc1Cl. The molecule has 1 aliphatic heterocycles. The van der Waals surface area contributed by atoms with Gasteiger partial charge in [0.1, 0.15) is 10.8 Å². The predicted octanol–water partition coefficient (Wildman–Crippen LogP) is 5.19. The number of aromatic nitrogens is 2. The largest absolute Gasteiger partial charge is 0.355 e. The van der Waals surface area contributed by atoms with Crippen LogP contribution >= 0.6 is 11.6 Å². The Morgan fingerprint density at radius 3 is 2.71 bits per heavy atom. The van der Waals surface area contributed by atoms with Gasteiger partial charge in [-0.1, -0.05) is 23.7 Å². The van der Waals surface area contributed by atoms with Gasteiger partial charge in [-0.05, 0) is 56.5 Å². The van der Waals surface area contributed by atoms with Gasteiger partial charge in [-0.2, -0.15) is 4.98 Å². The first-order valence-electron chi connectivity index (χ1n) is 11.3. The number of amides is 2. The topological polar surface area (TPSA) is 99.2 Å². The van der Waals surface area contributed by atoms with Crippen LogP contribution in [-0.2, 0) is 11.2 Å². The van der Waals surface area contributed by atoms with Crippen molar-refractivity contribution in [1.82, 2.24) is 15.3 Å². The van der Waals surface area contributed by atoms with Crippen molar-refractivity contribution in [3.8, 4) is 0 Å². The number of rotatable bonds is 6. The van der Waals surface area contributed by atoms with Crippen LogP contribution in [0, 0.1) is 5.82 Å². The molecule has 0 radical (unpaired) electrons. The molecule has 2 amide bonds. The van der Waals surface area contributed by atoms with Gasteiger partial charge in [-0.3, -0.25) is 9.59 Å². The summed E-state index contributed by atoms with van der Waals surface area (Å²) in [5, 5.41) is 8.60. The Kier molecular flexibility index (Phi) is 7.16. The third-order valence-corrected chi connectivity index (χ3v) is 5.97. The summed E-state index contributed by atoms with van der Waals surface area (Å²) >= 11 is 6.27. The van der Waals surface area contributed by atoms with Gasteiger partial charge in [-0.15, -0.1) is 0 Å². The Hall–Kier alpha value is -3.72. The molecule has 0 bridgehead atoms. The van der Waals surface area contributed by atoms with Crippen molar-refractivity contribution in [1.29, 1.82) is 0 Å². The van der Waals surface area contributed by atoms with Gasteiger partial charge < -0.3 is 20.9 Å². The first-order valence-corrected chi connectivity index (χ1v) is 11.7. The number of fused-ring (bicyclic) bond motifs is 1. The Morgan fingerprint density at radius 2 is 1.97 bits per heavy atom. The second kappa shape index (κ2) is 10.3. The molecule has 182 valence electrons. The predicted molar refractivity (Wildman–Crippen MR) is 135 cm³/mol. The van der Waals surface area contributed by atoms with Crippen LogP contribution in [-0.4, -0.2) is 34.9 Å². The van der Waals surface area contributed by atoms with Crippen molar-refractivity contribution >= 4 is 52.2 Å². The average molecular weight is 497 g/mol. The maximum absolute atomic E-state index is 14.6. The number of para-hydroxylation sites is 1. The van der Waals surface area contributed by atoms with Gasteiger partial charge in [0.15, 0.2) is 5.82 Å². The Morgan fingerprint density at radius 1 is 1.17 bits per heavy atom. The van der Waals surface area contributed by atoms with Crippen LogP contribution in [0.5, 0.6) is 0 Å². The monoisotopic (exact) mass is 496 g/mol. The maximum Gasteiger partial charge on any atom is 0.253 e. The Labute approximate surface area is 207 Å². The van der Waals surface area contributed by atoms with E-state index in [-0.39, 0.29) is 40.0 Å². The number of nitrogens with one attached hydrogen (secondary N) is 3. The highest BCUT2D eigenvalue weighted by Gasteiger charge is 2.25. The normalized spacial score (nSPS) is 13.3. The average Bonchev–Trinajstić information content (AvgIpc) is 2.99. The molecule has 3 N–H and O–H groups in total. The summed E-state index contributed by atoms with van der Waals surface area (Å²) in [7, 11) is 1.46. The van der Waals surface area contributed by atoms with Gasteiger partial charge in [0.25, 0.3) is 5.91 Å². The minimum Gasteiger partial charge on any atom is -0.355 e. The van der Waals surface area contributed by atoms with E-state index in [1.165, 1.54) is 31.4 Å². The maximum atomic E-state index is 14.6. The number of carbonyl (C=O) groups excluding carboxylic acids is 2. The molecule has 1 aliphatic rings. The zero-order valence-corrected chi connectivity index (χ0v) is 20.4. The van der Waals surface area contributed by atoms with E-state index in [9.17, 15) is 14.0 Å². The zero-order valence-electron chi connectivity index (χ0n) is 19.7. The molecule has 0 atom stereocenters. The summed E-state index contributed by atoms with van der Waals surface area (Å²) in [6.07, 6.45) is 3.53. The number of carbonyl (C=O) groups is 2. The highest BCUT2D eigenvalue weighted by atomic mass is 35.5. The van der Waals surface area contributed by atoms with E-state index in [0.29, 0.717) is 12.1 Å². The van der Waals surface area contributed by atoms with E-state index in [4.69, 9.17) is 11.6 Å². The smallest absolute Gasteiger partial charge is 0.253 e. The highest BCUT2D eigenvalue weighted by molar-refractivity contribution is 6.33. The van der Waals surface area contributed by atoms with Crippen LogP contribution in [0.2, 0.25) is 5.02 Å². The van der Waals surface area contributed by atoms with Crippen molar-refractivity contribution in [2.45, 2.75) is 39.2 Å². The fourth-order valence-electron chi connectivity index (χ4n) is 4.07. The van der Waals surface area contributed by atoms with Crippen LogP contribution in [0.1, 0.15) is 42.6 Å². The van der Waals surface area contributed by atoms with Gasteiger partial charge in [-0.25, -0.2) is 9.37 Å². The molecule has 3 aromatic rings. The van der Waals surface area contributed by atoms with E-state index in [1.54, 1.807) is 0 Å². The molecule has 0 spiro atoms. The van der Waals surface area contributed by atoms with Crippen molar-refractivity contribution in [3.05, 3.63) is 64.6 Å². The van der Waals surface area contributed by atoms with Crippen LogP contribution < -0.4 is 20.9 Å². The van der Waals surface area contributed by atoms with Gasteiger partial charge in [0, 0.05) is 30.9 Å². The highest BCUT2D eigenvalue weighted by Crippen LogP contribution is 2.33. The molecule has 4 rings (SSSR count). The van der Waals surface area contributed by atoms with Gasteiger partial charge >= 0.3 is 0 Å². The van der Waals surface area contributed by atoms with E-state index in [1.807, 2.05) is 36.9 Å². The lowest BCUT2D eigenvalue weighted by atomic mass is 10.1. The molecular formula is C25H26ClFN6O2. The summed E-state index contributed by atoms with van der Waals surface area (Å²) in [4.78, 5) is 35.3. The third-order valence-electron chi connectivity index (χ3n) is 5.70. The minimum absolute atomic E-state index is 0.0208. The number of hydrogen-bond donors (Lipinski definition) is 3. The standard InChI is InChI=1S/C25H26ClFN6O2/c1-14(2)33-20-12-16(11-10-15(20)6-4-9-21(33)34)30-25-29-13-18(26)23(32-25)31-22-17(24(35)28-3)7-5-8-19(22)27/h5,7-8,10-14H,4,6,9H2,1-3H3,(H,28,35)(H2,29,30,31,32). The summed E-state index contributed by atoms with van der Waals surface area (Å²) in [6, 6.07) is 10.0. The molecule has 0 fully saturated rings. The fourth-order valence-corrected chi connectivity index (χ4v) is 4.20. The number of benzene rings is 2. The summed E-state index contributed by atoms with van der Waals surface area (Å²) in [5.74, 6) is -0.634. The molecule has 0 unspecified atom stereocenters. The number of anilines is 5. The van der Waals surface area contributed by atoms with Gasteiger partial charge in [0.05, 0.1) is 17.4 Å². The number of aryl methyl sites for hydroxylation is 1. The molecule has 2 aromatic carbocycles. The van der Waals surface area contributed by atoms with E-state index in [2.05, 4.69) is 25.9 Å². The molecule has 35 heavy (non-hydrogen) atoms. The molecule has 8 nitrogen and oxygen atoms in total. The van der Waals surface area contributed by atoms with Crippen molar-refractivity contribution in [2.75, 3.05) is 22.6 Å². The molecule has 1 aromatic heterocycles. The summed E-state index contributed by atoms with van der Waals surface area (Å²) in [6.45, 7) is 3.98. The van der Waals surface area contributed by atoms with E-state index >= 15 is 0 Å².